The van der Waals surface area contributed by atoms with Crippen molar-refractivity contribution in [3.05, 3.63) is 0 Å². The zero-order valence-electron chi connectivity index (χ0n) is 10.1. The van der Waals surface area contributed by atoms with E-state index in [1.165, 1.54) is 44.9 Å². The molecule has 0 atom stereocenters. The van der Waals surface area contributed by atoms with Crippen molar-refractivity contribution in [2.24, 2.45) is 0 Å². The van der Waals surface area contributed by atoms with Gasteiger partial charge in [-0.2, -0.15) is 4.39 Å². The molecular weight excluding hydrogens is 191 g/mol. The van der Waals surface area contributed by atoms with E-state index in [2.05, 4.69) is 6.92 Å². The Morgan fingerprint density at radius 2 is 1.20 bits per heavy atom. The molecule has 0 aromatic rings. The molecule has 0 aliphatic heterocycles. The number of hydrogen-bond acceptors (Lipinski definition) is 1. The molecule has 0 amide bonds. The van der Waals surface area contributed by atoms with Gasteiger partial charge in [0.15, 0.2) is 0 Å². The van der Waals surface area contributed by atoms with E-state index >= 15 is 0 Å². The van der Waals surface area contributed by atoms with Crippen molar-refractivity contribution in [1.29, 1.82) is 0 Å². The second-order valence-corrected chi connectivity index (χ2v) is 4.29. The molecule has 0 saturated heterocycles. The van der Waals surface area contributed by atoms with Crippen LogP contribution in [0.5, 0.6) is 0 Å². The van der Waals surface area contributed by atoms with E-state index < -0.39 is 6.04 Å². The van der Waals surface area contributed by atoms with E-state index in [0.29, 0.717) is 0 Å². The van der Waals surface area contributed by atoms with Gasteiger partial charge in [-0.25, -0.2) is 0 Å². The molecule has 0 aromatic heterocycles. The maximum Gasteiger partial charge on any atom is 0.301 e. The molecule has 0 spiro atoms. The van der Waals surface area contributed by atoms with Crippen LogP contribution in [-0.4, -0.2) is 6.04 Å². The highest BCUT2D eigenvalue weighted by atomic mass is 19.1. The fraction of sp³-hybridized carbons (Fsp3) is 0.923. The highest BCUT2D eigenvalue weighted by molar-refractivity contribution is 5.67. The molecule has 0 heterocycles. The Labute approximate surface area is 93.4 Å². The third-order valence-electron chi connectivity index (χ3n) is 2.73. The first-order chi connectivity index (χ1) is 7.27. The van der Waals surface area contributed by atoms with Crippen molar-refractivity contribution in [1.82, 2.24) is 0 Å². The van der Waals surface area contributed by atoms with Crippen LogP contribution < -0.4 is 0 Å². The van der Waals surface area contributed by atoms with Crippen LogP contribution in [0.25, 0.3) is 0 Å². The van der Waals surface area contributed by atoms with Crippen LogP contribution in [0.15, 0.2) is 0 Å². The standard InChI is InChI=1S/C13H25FO/c1-2-3-4-5-6-7-8-9-10-11-12-13(14)15/h2-12H2,1H3. The minimum Gasteiger partial charge on any atom is -0.261 e. The fourth-order valence-electron chi connectivity index (χ4n) is 1.75. The summed E-state index contributed by atoms with van der Waals surface area (Å²) in [5.74, 6) is 0. The molecule has 0 bridgehead atoms. The van der Waals surface area contributed by atoms with Crippen LogP contribution >= 0.6 is 0 Å². The second-order valence-electron chi connectivity index (χ2n) is 4.29. The molecule has 0 fully saturated rings. The topological polar surface area (TPSA) is 17.1 Å². The fourth-order valence-corrected chi connectivity index (χ4v) is 1.75. The molecule has 0 radical (unpaired) electrons. The Morgan fingerprint density at radius 1 is 0.800 bits per heavy atom. The van der Waals surface area contributed by atoms with Crippen molar-refractivity contribution in [3.63, 3.8) is 0 Å². The zero-order chi connectivity index (χ0) is 11.4. The summed E-state index contributed by atoms with van der Waals surface area (Å²) < 4.78 is 11.8. The van der Waals surface area contributed by atoms with Crippen molar-refractivity contribution < 1.29 is 9.18 Å². The van der Waals surface area contributed by atoms with Crippen molar-refractivity contribution in [2.45, 2.75) is 77.6 Å². The molecule has 0 aromatic carbocycles. The maximum atomic E-state index is 11.8. The smallest absolute Gasteiger partial charge is 0.261 e. The van der Waals surface area contributed by atoms with E-state index in [4.69, 9.17) is 0 Å². The molecule has 1 nitrogen and oxygen atoms in total. The van der Waals surface area contributed by atoms with Crippen LogP contribution in [0.3, 0.4) is 0 Å². The summed E-state index contributed by atoms with van der Waals surface area (Å²) in [5.41, 5.74) is 0. The maximum absolute atomic E-state index is 11.8. The number of carbonyl (C=O) groups is 1. The number of unbranched alkanes of at least 4 members (excludes halogenated alkanes) is 9. The number of halogens is 1. The average molecular weight is 216 g/mol. The van der Waals surface area contributed by atoms with Crippen LogP contribution in [0.1, 0.15) is 77.6 Å². The molecule has 0 rings (SSSR count). The minimum absolute atomic E-state index is 0.122. The van der Waals surface area contributed by atoms with E-state index in [1.807, 2.05) is 0 Å². The van der Waals surface area contributed by atoms with Gasteiger partial charge in [0, 0.05) is 6.42 Å². The van der Waals surface area contributed by atoms with Gasteiger partial charge in [-0.05, 0) is 6.42 Å². The highest BCUT2D eigenvalue weighted by Gasteiger charge is 1.97. The highest BCUT2D eigenvalue weighted by Crippen LogP contribution is 2.11. The molecule has 15 heavy (non-hydrogen) atoms. The van der Waals surface area contributed by atoms with E-state index in [0.717, 1.165) is 19.3 Å². The summed E-state index contributed by atoms with van der Waals surface area (Å²) >= 11 is 0. The molecule has 90 valence electrons. The second kappa shape index (κ2) is 11.7. The van der Waals surface area contributed by atoms with Gasteiger partial charge >= 0.3 is 6.04 Å². The van der Waals surface area contributed by atoms with Gasteiger partial charge in [-0.3, -0.25) is 4.79 Å². The van der Waals surface area contributed by atoms with Crippen molar-refractivity contribution >= 4 is 6.04 Å². The molecule has 0 N–H and O–H groups in total. The summed E-state index contributed by atoms with van der Waals surface area (Å²) in [4.78, 5) is 10.0. The Bertz CT molecular complexity index is 145. The van der Waals surface area contributed by atoms with Gasteiger partial charge in [0.25, 0.3) is 0 Å². The predicted molar refractivity (Wildman–Crippen MR) is 62.6 cm³/mol. The summed E-state index contributed by atoms with van der Waals surface area (Å²) in [6.45, 7) is 2.23. The largest absolute Gasteiger partial charge is 0.301 e. The monoisotopic (exact) mass is 216 g/mol. The van der Waals surface area contributed by atoms with Gasteiger partial charge in [-0.1, -0.05) is 64.7 Å². The van der Waals surface area contributed by atoms with Gasteiger partial charge < -0.3 is 0 Å². The Morgan fingerprint density at radius 3 is 1.60 bits per heavy atom. The lowest BCUT2D eigenvalue weighted by atomic mass is 10.1. The minimum atomic E-state index is -1.16. The first-order valence-electron chi connectivity index (χ1n) is 6.45. The Kier molecular flexibility index (Phi) is 11.4. The summed E-state index contributed by atoms with van der Waals surface area (Å²) in [6, 6.07) is -1.16. The molecule has 0 unspecified atom stereocenters. The van der Waals surface area contributed by atoms with Gasteiger partial charge in [-0.15, -0.1) is 0 Å². The van der Waals surface area contributed by atoms with E-state index in [9.17, 15) is 9.18 Å². The number of carbonyl (C=O) groups excluding carboxylic acids is 1. The lowest BCUT2D eigenvalue weighted by molar-refractivity contribution is -0.129. The molecular formula is C13H25FO. The quantitative estimate of drug-likeness (QED) is 0.358. The molecule has 0 saturated carbocycles. The first-order valence-corrected chi connectivity index (χ1v) is 6.45. The summed E-state index contributed by atoms with van der Waals surface area (Å²) in [5, 5.41) is 0. The van der Waals surface area contributed by atoms with E-state index in [1.54, 1.807) is 0 Å². The Balaban J connectivity index is 2.89. The van der Waals surface area contributed by atoms with Crippen LogP contribution in [0.2, 0.25) is 0 Å². The summed E-state index contributed by atoms with van der Waals surface area (Å²) in [6.07, 6.45) is 12.3. The van der Waals surface area contributed by atoms with Gasteiger partial charge in [0.05, 0.1) is 0 Å². The van der Waals surface area contributed by atoms with Crippen molar-refractivity contribution in [3.8, 4) is 0 Å². The van der Waals surface area contributed by atoms with Crippen molar-refractivity contribution in [2.75, 3.05) is 0 Å². The number of hydrogen-bond donors (Lipinski definition) is 0. The molecule has 0 aliphatic carbocycles. The lowest BCUT2D eigenvalue weighted by Crippen LogP contribution is -1.87. The van der Waals surface area contributed by atoms with Gasteiger partial charge in [0.1, 0.15) is 0 Å². The Hall–Kier alpha value is -0.400. The normalized spacial score (nSPS) is 10.5. The average Bonchev–Trinajstić information content (AvgIpc) is 2.20. The summed E-state index contributed by atoms with van der Waals surface area (Å²) in [7, 11) is 0. The van der Waals surface area contributed by atoms with Crippen LogP contribution in [0.4, 0.5) is 4.39 Å². The third-order valence-corrected chi connectivity index (χ3v) is 2.73. The molecule has 0 aliphatic rings. The van der Waals surface area contributed by atoms with Crippen LogP contribution in [-0.2, 0) is 4.79 Å². The SMILES string of the molecule is CCCCCCCCCCCCC(=O)F. The lowest BCUT2D eigenvalue weighted by Gasteiger charge is -2.00. The van der Waals surface area contributed by atoms with E-state index in [-0.39, 0.29) is 6.42 Å². The predicted octanol–water partition coefficient (Wildman–Crippen LogP) is 4.79. The first kappa shape index (κ1) is 14.6. The molecule has 2 heteroatoms. The number of rotatable bonds is 11. The third kappa shape index (κ3) is 13.6. The van der Waals surface area contributed by atoms with Gasteiger partial charge in [0.2, 0.25) is 0 Å². The zero-order valence-corrected chi connectivity index (χ0v) is 10.1. The van der Waals surface area contributed by atoms with Crippen LogP contribution in [0, 0.1) is 0 Å².